The molecule has 0 aliphatic heterocycles. The van der Waals surface area contributed by atoms with E-state index in [4.69, 9.17) is 5.11 Å². The zero-order valence-electron chi connectivity index (χ0n) is 10.3. The number of aromatic nitrogens is 2. The Balaban J connectivity index is 1.95. The lowest BCUT2D eigenvalue weighted by atomic mass is 10.2. The molecule has 98 valence electrons. The van der Waals surface area contributed by atoms with Crippen LogP contribution in [0.4, 0.5) is 10.5 Å². The van der Waals surface area contributed by atoms with Gasteiger partial charge >= 0.3 is 12.0 Å². The maximum Gasteiger partial charge on any atom is 0.326 e. The van der Waals surface area contributed by atoms with Gasteiger partial charge in [-0.2, -0.15) is 5.10 Å². The molecule has 1 aliphatic rings. The first-order valence-electron chi connectivity index (χ1n) is 5.78. The van der Waals surface area contributed by atoms with Crippen molar-refractivity contribution in [2.75, 3.05) is 5.32 Å². The highest BCUT2D eigenvalue weighted by Gasteiger charge is 2.37. The van der Waals surface area contributed by atoms with Crippen molar-refractivity contribution in [3.63, 3.8) is 0 Å². The van der Waals surface area contributed by atoms with Gasteiger partial charge in [0.2, 0.25) is 0 Å². The first-order valence-corrected chi connectivity index (χ1v) is 5.78. The zero-order valence-corrected chi connectivity index (χ0v) is 10.3. The molecule has 1 aromatic heterocycles. The Hall–Kier alpha value is -2.05. The number of rotatable bonds is 4. The number of carboxylic acids is 1. The molecule has 1 unspecified atom stereocenters. The first-order chi connectivity index (χ1) is 8.47. The zero-order chi connectivity index (χ0) is 13.3. The Labute approximate surface area is 104 Å². The smallest absolute Gasteiger partial charge is 0.326 e. The third kappa shape index (κ3) is 2.79. The number of hydrogen-bond acceptors (Lipinski definition) is 3. The van der Waals surface area contributed by atoms with E-state index < -0.39 is 18.0 Å². The molecule has 0 saturated heterocycles. The van der Waals surface area contributed by atoms with Crippen molar-refractivity contribution < 1.29 is 14.7 Å². The van der Waals surface area contributed by atoms with Gasteiger partial charge in [-0.25, -0.2) is 9.59 Å². The van der Waals surface area contributed by atoms with Crippen molar-refractivity contribution in [3.05, 3.63) is 11.9 Å². The summed E-state index contributed by atoms with van der Waals surface area (Å²) in [5.41, 5.74) is 1.26. The van der Waals surface area contributed by atoms with Crippen LogP contribution in [0.2, 0.25) is 0 Å². The van der Waals surface area contributed by atoms with Gasteiger partial charge in [-0.15, -0.1) is 0 Å². The molecule has 2 rings (SSSR count). The lowest BCUT2D eigenvalue weighted by molar-refractivity contribution is -0.139. The molecule has 1 fully saturated rings. The fraction of sp³-hybridized carbons (Fsp3) is 0.545. The third-order valence-corrected chi connectivity index (χ3v) is 2.91. The van der Waals surface area contributed by atoms with E-state index in [-0.39, 0.29) is 5.92 Å². The van der Waals surface area contributed by atoms with Crippen LogP contribution in [0.1, 0.15) is 18.5 Å². The van der Waals surface area contributed by atoms with Gasteiger partial charge in [0.1, 0.15) is 6.04 Å². The molecule has 1 aliphatic carbocycles. The summed E-state index contributed by atoms with van der Waals surface area (Å²) < 4.78 is 1.58. The number of hydrogen-bond donors (Lipinski definition) is 3. The summed E-state index contributed by atoms with van der Waals surface area (Å²) in [5.74, 6) is -0.932. The number of urea groups is 1. The number of anilines is 1. The number of carboxylic acid groups (broad SMARTS) is 1. The Bertz CT molecular complexity index is 479. The third-order valence-electron chi connectivity index (χ3n) is 2.91. The summed E-state index contributed by atoms with van der Waals surface area (Å²) >= 11 is 0. The largest absolute Gasteiger partial charge is 0.480 e. The second kappa shape index (κ2) is 4.67. The molecule has 1 aromatic rings. The first kappa shape index (κ1) is 12.4. The van der Waals surface area contributed by atoms with E-state index in [1.807, 2.05) is 0 Å². The molecule has 0 spiro atoms. The molecule has 7 heteroatoms. The number of nitrogens with zero attached hydrogens (tertiary/aromatic N) is 2. The van der Waals surface area contributed by atoms with Crippen molar-refractivity contribution in [3.8, 4) is 0 Å². The van der Waals surface area contributed by atoms with Crippen LogP contribution in [0.15, 0.2) is 6.20 Å². The van der Waals surface area contributed by atoms with E-state index in [1.165, 1.54) is 0 Å². The number of carbonyl (C=O) groups excluding carboxylic acids is 1. The quantitative estimate of drug-likeness (QED) is 0.735. The fourth-order valence-corrected chi connectivity index (χ4v) is 1.83. The summed E-state index contributed by atoms with van der Waals surface area (Å²) in [6.07, 6.45) is 3.37. The minimum absolute atomic E-state index is 0.0586. The van der Waals surface area contributed by atoms with Gasteiger partial charge in [0.15, 0.2) is 0 Å². The standard InChI is InChI=1S/C11H16N4O3/c1-6-8(5-15(2)14-6)12-11(18)13-9(10(16)17)7-3-4-7/h5,7,9H,3-4H2,1-2H3,(H,16,17)(H2,12,13,18). The minimum atomic E-state index is -0.990. The van der Waals surface area contributed by atoms with Crippen molar-refractivity contribution >= 4 is 17.7 Å². The second-order valence-electron chi connectivity index (χ2n) is 4.55. The van der Waals surface area contributed by atoms with Crippen molar-refractivity contribution in [1.82, 2.24) is 15.1 Å². The maximum absolute atomic E-state index is 11.7. The lowest BCUT2D eigenvalue weighted by Gasteiger charge is -2.13. The summed E-state index contributed by atoms with van der Waals surface area (Å²) in [6, 6.07) is -1.31. The number of amides is 2. The molecule has 2 amide bonds. The Morgan fingerprint density at radius 2 is 2.22 bits per heavy atom. The van der Waals surface area contributed by atoms with Crippen molar-refractivity contribution in [1.29, 1.82) is 0 Å². The highest BCUT2D eigenvalue weighted by atomic mass is 16.4. The molecule has 18 heavy (non-hydrogen) atoms. The molecule has 1 heterocycles. The summed E-state index contributed by atoms with van der Waals surface area (Å²) in [4.78, 5) is 22.7. The normalized spacial score (nSPS) is 16.1. The van der Waals surface area contributed by atoms with E-state index in [0.717, 1.165) is 12.8 Å². The van der Waals surface area contributed by atoms with Crippen LogP contribution in [-0.2, 0) is 11.8 Å². The van der Waals surface area contributed by atoms with Crippen LogP contribution in [0.3, 0.4) is 0 Å². The van der Waals surface area contributed by atoms with Gasteiger partial charge in [-0.1, -0.05) is 0 Å². The summed E-state index contributed by atoms with van der Waals surface area (Å²) in [5, 5.41) is 18.2. The van der Waals surface area contributed by atoms with E-state index in [1.54, 1.807) is 24.9 Å². The van der Waals surface area contributed by atoms with Gasteiger partial charge in [-0.3, -0.25) is 4.68 Å². The van der Waals surface area contributed by atoms with Crippen LogP contribution in [-0.4, -0.2) is 32.9 Å². The average Bonchev–Trinajstić information content (AvgIpc) is 3.03. The maximum atomic E-state index is 11.7. The summed E-state index contributed by atoms with van der Waals surface area (Å²) in [6.45, 7) is 1.77. The fourth-order valence-electron chi connectivity index (χ4n) is 1.83. The number of carbonyl (C=O) groups is 2. The SMILES string of the molecule is Cc1nn(C)cc1NC(=O)NC(C(=O)O)C1CC1. The van der Waals surface area contributed by atoms with Crippen LogP contribution in [0, 0.1) is 12.8 Å². The molecular weight excluding hydrogens is 236 g/mol. The van der Waals surface area contributed by atoms with Crippen LogP contribution in [0.5, 0.6) is 0 Å². The minimum Gasteiger partial charge on any atom is -0.480 e. The molecule has 3 N–H and O–H groups in total. The highest BCUT2D eigenvalue weighted by molar-refractivity contribution is 5.92. The van der Waals surface area contributed by atoms with E-state index in [0.29, 0.717) is 11.4 Å². The monoisotopic (exact) mass is 252 g/mol. The van der Waals surface area contributed by atoms with E-state index in [9.17, 15) is 9.59 Å². The van der Waals surface area contributed by atoms with Crippen LogP contribution in [0.25, 0.3) is 0 Å². The van der Waals surface area contributed by atoms with Gasteiger partial charge < -0.3 is 15.7 Å². The van der Waals surface area contributed by atoms with Crippen molar-refractivity contribution in [2.24, 2.45) is 13.0 Å². The van der Waals surface area contributed by atoms with E-state index in [2.05, 4.69) is 15.7 Å². The number of aryl methyl sites for hydroxylation is 2. The highest BCUT2D eigenvalue weighted by Crippen LogP contribution is 2.32. The predicted molar refractivity (Wildman–Crippen MR) is 64.2 cm³/mol. The summed E-state index contributed by atoms with van der Waals surface area (Å²) in [7, 11) is 1.75. The van der Waals surface area contributed by atoms with Gasteiger partial charge in [-0.05, 0) is 25.7 Å². The predicted octanol–water partition coefficient (Wildman–Crippen LogP) is 0.713. The molecule has 1 atom stereocenters. The van der Waals surface area contributed by atoms with Gasteiger partial charge in [0.05, 0.1) is 11.4 Å². The molecule has 0 aromatic carbocycles. The Morgan fingerprint density at radius 3 is 2.67 bits per heavy atom. The average molecular weight is 252 g/mol. The molecule has 7 nitrogen and oxygen atoms in total. The van der Waals surface area contributed by atoms with E-state index >= 15 is 0 Å². The Kier molecular flexibility index (Phi) is 3.22. The molecule has 1 saturated carbocycles. The number of nitrogens with one attached hydrogen (secondary N) is 2. The lowest BCUT2D eigenvalue weighted by Crippen LogP contribution is -2.44. The number of aliphatic carboxylic acids is 1. The second-order valence-corrected chi connectivity index (χ2v) is 4.55. The van der Waals surface area contributed by atoms with Crippen molar-refractivity contribution in [2.45, 2.75) is 25.8 Å². The Morgan fingerprint density at radius 1 is 1.56 bits per heavy atom. The van der Waals surface area contributed by atoms with Gasteiger partial charge in [0.25, 0.3) is 0 Å². The van der Waals surface area contributed by atoms with Crippen LogP contribution >= 0.6 is 0 Å². The van der Waals surface area contributed by atoms with Crippen LogP contribution < -0.4 is 10.6 Å². The molecule has 0 radical (unpaired) electrons. The topological polar surface area (TPSA) is 96.3 Å². The molecule has 0 bridgehead atoms. The van der Waals surface area contributed by atoms with Gasteiger partial charge in [0, 0.05) is 13.2 Å². The molecular formula is C11H16N4O3.